The molecule has 2 unspecified atom stereocenters. The van der Waals surface area contributed by atoms with Crippen LogP contribution >= 0.6 is 0 Å². The highest BCUT2D eigenvalue weighted by Gasteiger charge is 2.43. The first-order valence-corrected chi connectivity index (χ1v) is 6.43. The molecule has 16 heavy (non-hydrogen) atoms. The van der Waals surface area contributed by atoms with Crippen molar-refractivity contribution >= 4 is 0 Å². The Morgan fingerprint density at radius 2 is 2.12 bits per heavy atom. The van der Waals surface area contributed by atoms with Gasteiger partial charge in [-0.3, -0.25) is 4.90 Å². The average molecular weight is 226 g/mol. The maximum Gasteiger partial charge on any atom is 0.0951 e. The Bertz CT molecular complexity index is 249. The van der Waals surface area contributed by atoms with Gasteiger partial charge in [-0.1, -0.05) is 0 Å². The van der Waals surface area contributed by atoms with Crippen LogP contribution in [0.25, 0.3) is 0 Å². The fourth-order valence-corrected chi connectivity index (χ4v) is 3.07. The van der Waals surface area contributed by atoms with Crippen molar-refractivity contribution in [1.29, 1.82) is 0 Å². The molecule has 0 aromatic rings. The SMILES string of the molecule is CN(C1CNC1)C1CCOC2(CCOC2)C1. The van der Waals surface area contributed by atoms with Gasteiger partial charge in [0.2, 0.25) is 0 Å². The van der Waals surface area contributed by atoms with Crippen LogP contribution in [0, 0.1) is 0 Å². The van der Waals surface area contributed by atoms with E-state index in [0.717, 1.165) is 51.8 Å². The van der Waals surface area contributed by atoms with Crippen molar-refractivity contribution in [1.82, 2.24) is 10.2 Å². The Morgan fingerprint density at radius 1 is 1.25 bits per heavy atom. The highest BCUT2D eigenvalue weighted by molar-refractivity contribution is 4.96. The molecule has 2 atom stereocenters. The third kappa shape index (κ3) is 1.88. The first-order valence-electron chi connectivity index (χ1n) is 6.43. The van der Waals surface area contributed by atoms with Gasteiger partial charge in [-0.05, 0) is 19.9 Å². The van der Waals surface area contributed by atoms with E-state index in [1.54, 1.807) is 0 Å². The third-order valence-electron chi connectivity index (χ3n) is 4.45. The lowest BCUT2D eigenvalue weighted by atomic mass is 9.88. The van der Waals surface area contributed by atoms with Crippen LogP contribution < -0.4 is 5.32 Å². The molecule has 4 heteroatoms. The van der Waals surface area contributed by atoms with E-state index in [0.29, 0.717) is 6.04 Å². The maximum absolute atomic E-state index is 5.97. The van der Waals surface area contributed by atoms with E-state index in [9.17, 15) is 0 Å². The molecule has 0 radical (unpaired) electrons. The Hall–Kier alpha value is -0.160. The zero-order valence-electron chi connectivity index (χ0n) is 10.1. The molecule has 0 saturated carbocycles. The van der Waals surface area contributed by atoms with Gasteiger partial charge in [0, 0.05) is 44.8 Å². The van der Waals surface area contributed by atoms with Gasteiger partial charge in [0.1, 0.15) is 0 Å². The fraction of sp³-hybridized carbons (Fsp3) is 1.00. The predicted octanol–water partition coefficient (Wildman–Crippen LogP) is 0.228. The second-order valence-corrected chi connectivity index (χ2v) is 5.46. The molecule has 92 valence electrons. The quantitative estimate of drug-likeness (QED) is 0.731. The van der Waals surface area contributed by atoms with Crippen LogP contribution in [-0.2, 0) is 9.47 Å². The van der Waals surface area contributed by atoms with Crippen molar-refractivity contribution in [3.63, 3.8) is 0 Å². The van der Waals surface area contributed by atoms with E-state index in [2.05, 4.69) is 17.3 Å². The Balaban J connectivity index is 1.62. The topological polar surface area (TPSA) is 33.7 Å². The zero-order chi connectivity index (χ0) is 11.0. The number of rotatable bonds is 2. The molecule has 1 N–H and O–H groups in total. The van der Waals surface area contributed by atoms with Gasteiger partial charge in [0.15, 0.2) is 0 Å². The van der Waals surface area contributed by atoms with E-state index >= 15 is 0 Å². The number of ether oxygens (including phenoxy) is 2. The van der Waals surface area contributed by atoms with Crippen molar-refractivity contribution in [3.05, 3.63) is 0 Å². The molecule has 0 amide bonds. The normalized spacial score (nSPS) is 40.5. The second-order valence-electron chi connectivity index (χ2n) is 5.46. The van der Waals surface area contributed by atoms with Gasteiger partial charge in [-0.2, -0.15) is 0 Å². The number of nitrogens with one attached hydrogen (secondary N) is 1. The minimum atomic E-state index is 0.0500. The lowest BCUT2D eigenvalue weighted by molar-refractivity contribution is -0.109. The lowest BCUT2D eigenvalue weighted by Gasteiger charge is -2.46. The van der Waals surface area contributed by atoms with Gasteiger partial charge in [-0.25, -0.2) is 0 Å². The molecule has 0 aromatic heterocycles. The first-order chi connectivity index (χ1) is 7.79. The van der Waals surface area contributed by atoms with E-state index in [1.807, 2.05) is 0 Å². The highest BCUT2D eigenvalue weighted by Crippen LogP contribution is 2.35. The summed E-state index contributed by atoms with van der Waals surface area (Å²) in [5.41, 5.74) is 0.0500. The van der Waals surface area contributed by atoms with Crippen molar-refractivity contribution < 1.29 is 9.47 Å². The molecule has 0 aliphatic carbocycles. The predicted molar refractivity (Wildman–Crippen MR) is 61.6 cm³/mol. The van der Waals surface area contributed by atoms with Gasteiger partial charge in [-0.15, -0.1) is 0 Å². The van der Waals surface area contributed by atoms with Gasteiger partial charge >= 0.3 is 0 Å². The molecular weight excluding hydrogens is 204 g/mol. The summed E-state index contributed by atoms with van der Waals surface area (Å²) in [6, 6.07) is 1.42. The summed E-state index contributed by atoms with van der Waals surface area (Å²) < 4.78 is 11.5. The van der Waals surface area contributed by atoms with Crippen LogP contribution in [0.15, 0.2) is 0 Å². The van der Waals surface area contributed by atoms with Gasteiger partial charge < -0.3 is 14.8 Å². The molecule has 3 rings (SSSR count). The summed E-state index contributed by atoms with van der Waals surface area (Å²) in [6.07, 6.45) is 3.41. The molecule has 3 aliphatic rings. The molecule has 1 spiro atoms. The van der Waals surface area contributed by atoms with Crippen molar-refractivity contribution in [3.8, 4) is 0 Å². The van der Waals surface area contributed by atoms with Crippen LogP contribution in [0.3, 0.4) is 0 Å². The second kappa shape index (κ2) is 4.26. The number of likely N-dealkylation sites (N-methyl/N-ethyl adjacent to an activating group) is 1. The maximum atomic E-state index is 5.97. The summed E-state index contributed by atoms with van der Waals surface area (Å²) in [6.45, 7) is 4.88. The van der Waals surface area contributed by atoms with Gasteiger partial charge in [0.05, 0.1) is 12.2 Å². The minimum Gasteiger partial charge on any atom is -0.378 e. The van der Waals surface area contributed by atoms with Gasteiger partial charge in [0.25, 0.3) is 0 Å². The van der Waals surface area contributed by atoms with Crippen molar-refractivity contribution in [2.45, 2.75) is 36.9 Å². The molecule has 4 nitrogen and oxygen atoms in total. The van der Waals surface area contributed by atoms with Crippen LogP contribution in [0.5, 0.6) is 0 Å². The van der Waals surface area contributed by atoms with Crippen LogP contribution in [-0.4, -0.2) is 62.5 Å². The molecule has 3 heterocycles. The summed E-state index contributed by atoms with van der Waals surface area (Å²) in [7, 11) is 2.27. The van der Waals surface area contributed by atoms with E-state index in [-0.39, 0.29) is 5.60 Å². The molecule has 3 aliphatic heterocycles. The smallest absolute Gasteiger partial charge is 0.0951 e. The van der Waals surface area contributed by atoms with Crippen molar-refractivity contribution in [2.75, 3.05) is 40.0 Å². The molecule has 0 aromatic carbocycles. The third-order valence-corrected chi connectivity index (χ3v) is 4.45. The molecule has 0 bridgehead atoms. The summed E-state index contributed by atoms with van der Waals surface area (Å²) in [4.78, 5) is 2.55. The van der Waals surface area contributed by atoms with E-state index in [4.69, 9.17) is 9.47 Å². The van der Waals surface area contributed by atoms with Crippen LogP contribution in [0.2, 0.25) is 0 Å². The Morgan fingerprint density at radius 3 is 2.75 bits per heavy atom. The molecule has 3 saturated heterocycles. The molecule has 3 fully saturated rings. The number of hydrogen-bond acceptors (Lipinski definition) is 4. The number of nitrogens with zero attached hydrogens (tertiary/aromatic N) is 1. The van der Waals surface area contributed by atoms with E-state index in [1.165, 1.54) is 6.42 Å². The van der Waals surface area contributed by atoms with E-state index < -0.39 is 0 Å². The summed E-state index contributed by atoms with van der Waals surface area (Å²) in [5, 5.41) is 3.34. The van der Waals surface area contributed by atoms with Crippen molar-refractivity contribution in [2.24, 2.45) is 0 Å². The minimum absolute atomic E-state index is 0.0500. The van der Waals surface area contributed by atoms with Crippen LogP contribution in [0.1, 0.15) is 19.3 Å². The lowest BCUT2D eigenvalue weighted by Crippen LogP contribution is -2.60. The fourth-order valence-electron chi connectivity index (χ4n) is 3.07. The largest absolute Gasteiger partial charge is 0.378 e. The highest BCUT2D eigenvalue weighted by atomic mass is 16.6. The standard InChI is InChI=1S/C12H22N2O2/c1-14(11-7-13-8-11)10-2-4-16-12(6-10)3-5-15-9-12/h10-11,13H,2-9H2,1H3. The molecular formula is C12H22N2O2. The summed E-state index contributed by atoms with van der Waals surface area (Å²) >= 11 is 0. The monoisotopic (exact) mass is 226 g/mol. The average Bonchev–Trinajstić information content (AvgIpc) is 2.64. The Labute approximate surface area is 97.3 Å². The van der Waals surface area contributed by atoms with Crippen LogP contribution in [0.4, 0.5) is 0 Å². The summed E-state index contributed by atoms with van der Waals surface area (Å²) in [5.74, 6) is 0. The Kier molecular flexibility index (Phi) is 2.92. The number of hydrogen-bond donors (Lipinski definition) is 1. The zero-order valence-corrected chi connectivity index (χ0v) is 10.1. The first kappa shape index (κ1) is 11.0.